The first-order valence-electron chi connectivity index (χ1n) is 7.03. The lowest BCUT2D eigenvalue weighted by atomic mass is 9.93. The second kappa shape index (κ2) is 5.62. The molecule has 0 radical (unpaired) electrons. The SMILES string of the molecule is CC1SCC(c2ncc3c(n2)CCCC3N)SC1C. The van der Waals surface area contributed by atoms with Gasteiger partial charge in [-0.15, -0.1) is 11.8 Å². The van der Waals surface area contributed by atoms with Crippen molar-refractivity contribution in [3.05, 3.63) is 23.3 Å². The molecule has 104 valence electrons. The summed E-state index contributed by atoms with van der Waals surface area (Å²) in [6.45, 7) is 4.62. The fraction of sp³-hybridized carbons (Fsp3) is 0.714. The van der Waals surface area contributed by atoms with Crippen molar-refractivity contribution in [3.8, 4) is 0 Å². The maximum absolute atomic E-state index is 6.13. The standard InChI is InChI=1S/C14H21N3S2/c1-8-9(2)19-13(7-18-8)14-16-6-10-11(15)4-3-5-12(10)17-14/h6,8-9,11,13H,3-5,7,15H2,1-2H3. The maximum atomic E-state index is 6.13. The predicted molar refractivity (Wildman–Crippen MR) is 83.6 cm³/mol. The van der Waals surface area contributed by atoms with Crippen molar-refractivity contribution in [2.75, 3.05) is 5.75 Å². The molecule has 0 amide bonds. The molecule has 2 aliphatic rings. The summed E-state index contributed by atoms with van der Waals surface area (Å²) in [6.07, 6.45) is 5.27. The molecule has 2 N–H and O–H groups in total. The topological polar surface area (TPSA) is 51.8 Å². The van der Waals surface area contributed by atoms with E-state index in [-0.39, 0.29) is 6.04 Å². The van der Waals surface area contributed by atoms with Crippen LogP contribution in [0.25, 0.3) is 0 Å². The molecule has 1 saturated heterocycles. The van der Waals surface area contributed by atoms with E-state index in [2.05, 4.69) is 18.8 Å². The van der Waals surface area contributed by atoms with Crippen LogP contribution in [0.3, 0.4) is 0 Å². The monoisotopic (exact) mass is 295 g/mol. The number of aryl methyl sites for hydroxylation is 1. The molecular weight excluding hydrogens is 274 g/mol. The Kier molecular flexibility index (Phi) is 4.06. The number of nitrogens with two attached hydrogens (primary N) is 1. The molecule has 0 aromatic carbocycles. The summed E-state index contributed by atoms with van der Waals surface area (Å²) < 4.78 is 0. The number of rotatable bonds is 1. The molecule has 0 spiro atoms. The van der Waals surface area contributed by atoms with Gasteiger partial charge in [-0.3, -0.25) is 0 Å². The van der Waals surface area contributed by atoms with E-state index in [1.54, 1.807) is 0 Å². The number of fused-ring (bicyclic) bond motifs is 1. The third-order valence-corrected chi connectivity index (χ3v) is 7.47. The molecule has 1 aliphatic carbocycles. The highest BCUT2D eigenvalue weighted by atomic mass is 32.2. The predicted octanol–water partition coefficient (Wildman–Crippen LogP) is 3.11. The van der Waals surface area contributed by atoms with Gasteiger partial charge >= 0.3 is 0 Å². The van der Waals surface area contributed by atoms with Crippen LogP contribution in [0, 0.1) is 0 Å². The van der Waals surface area contributed by atoms with Gasteiger partial charge in [0.15, 0.2) is 0 Å². The molecule has 5 heteroatoms. The fourth-order valence-electron chi connectivity index (χ4n) is 2.67. The van der Waals surface area contributed by atoms with E-state index in [0.717, 1.165) is 36.1 Å². The van der Waals surface area contributed by atoms with Crippen LogP contribution in [0.2, 0.25) is 0 Å². The van der Waals surface area contributed by atoms with Gasteiger partial charge in [0.1, 0.15) is 5.82 Å². The van der Waals surface area contributed by atoms with Crippen LogP contribution in [0.5, 0.6) is 0 Å². The summed E-state index contributed by atoms with van der Waals surface area (Å²) in [5.41, 5.74) is 8.49. The third kappa shape index (κ3) is 2.78. The van der Waals surface area contributed by atoms with Gasteiger partial charge in [0.25, 0.3) is 0 Å². The Labute approximate surface area is 123 Å². The molecular formula is C14H21N3S2. The Bertz CT molecular complexity index is 466. The van der Waals surface area contributed by atoms with E-state index in [1.807, 2.05) is 29.7 Å². The maximum Gasteiger partial charge on any atom is 0.142 e. The van der Waals surface area contributed by atoms with Gasteiger partial charge in [-0.05, 0) is 19.3 Å². The lowest BCUT2D eigenvalue weighted by molar-refractivity contribution is 0.553. The van der Waals surface area contributed by atoms with Crippen LogP contribution in [0.1, 0.15) is 55.1 Å². The van der Waals surface area contributed by atoms with Crippen molar-refractivity contribution in [2.24, 2.45) is 5.73 Å². The van der Waals surface area contributed by atoms with Crippen molar-refractivity contribution in [3.63, 3.8) is 0 Å². The second-order valence-electron chi connectivity index (χ2n) is 5.50. The Morgan fingerprint density at radius 3 is 2.95 bits per heavy atom. The highest BCUT2D eigenvalue weighted by Crippen LogP contribution is 2.43. The van der Waals surface area contributed by atoms with E-state index in [9.17, 15) is 0 Å². The fourth-order valence-corrected chi connectivity index (χ4v) is 5.52. The zero-order chi connectivity index (χ0) is 13.4. The lowest BCUT2D eigenvalue weighted by Gasteiger charge is -2.31. The van der Waals surface area contributed by atoms with E-state index in [4.69, 9.17) is 10.7 Å². The highest BCUT2D eigenvalue weighted by molar-refractivity contribution is 8.07. The zero-order valence-corrected chi connectivity index (χ0v) is 13.1. The number of thioether (sulfide) groups is 2. The van der Waals surface area contributed by atoms with Crippen molar-refractivity contribution >= 4 is 23.5 Å². The largest absolute Gasteiger partial charge is 0.324 e. The number of hydrogen-bond donors (Lipinski definition) is 1. The minimum Gasteiger partial charge on any atom is -0.324 e. The first-order chi connectivity index (χ1) is 9.15. The summed E-state index contributed by atoms with van der Waals surface area (Å²) in [7, 11) is 0. The van der Waals surface area contributed by atoms with Crippen molar-refractivity contribution in [2.45, 2.75) is 54.9 Å². The summed E-state index contributed by atoms with van der Waals surface area (Å²) in [5, 5.41) is 1.84. The van der Waals surface area contributed by atoms with Crippen molar-refractivity contribution in [1.82, 2.24) is 9.97 Å². The molecule has 3 rings (SSSR count). The molecule has 1 aromatic rings. The Balaban J connectivity index is 1.82. The normalized spacial score (nSPS) is 34.9. The average Bonchev–Trinajstić information content (AvgIpc) is 2.42. The van der Waals surface area contributed by atoms with Crippen LogP contribution in [-0.4, -0.2) is 26.2 Å². The van der Waals surface area contributed by atoms with Gasteiger partial charge in [0.05, 0.1) is 5.25 Å². The van der Waals surface area contributed by atoms with Crippen molar-refractivity contribution in [1.29, 1.82) is 0 Å². The highest BCUT2D eigenvalue weighted by Gasteiger charge is 2.29. The van der Waals surface area contributed by atoms with E-state index < -0.39 is 0 Å². The molecule has 0 saturated carbocycles. The summed E-state index contributed by atoms with van der Waals surface area (Å²) in [5.74, 6) is 2.14. The van der Waals surface area contributed by atoms with Crippen molar-refractivity contribution < 1.29 is 0 Å². The third-order valence-electron chi connectivity index (χ3n) is 4.09. The smallest absolute Gasteiger partial charge is 0.142 e. The van der Waals surface area contributed by atoms with Gasteiger partial charge in [0, 0.05) is 39.7 Å². The van der Waals surface area contributed by atoms with Crippen LogP contribution >= 0.6 is 23.5 Å². The molecule has 3 nitrogen and oxygen atoms in total. The Morgan fingerprint density at radius 2 is 2.16 bits per heavy atom. The van der Waals surface area contributed by atoms with Crippen LogP contribution < -0.4 is 5.73 Å². The molecule has 2 heterocycles. The van der Waals surface area contributed by atoms with Gasteiger partial charge in [-0.1, -0.05) is 13.8 Å². The van der Waals surface area contributed by atoms with Crippen LogP contribution in [-0.2, 0) is 6.42 Å². The molecule has 19 heavy (non-hydrogen) atoms. The first-order valence-corrected chi connectivity index (χ1v) is 9.02. The lowest BCUT2D eigenvalue weighted by Crippen LogP contribution is -2.24. The Hall–Kier alpha value is -0.260. The number of aromatic nitrogens is 2. The summed E-state index contributed by atoms with van der Waals surface area (Å²) in [6, 6.07) is 0.144. The second-order valence-corrected chi connectivity index (χ2v) is 8.49. The van der Waals surface area contributed by atoms with Gasteiger partial charge in [-0.25, -0.2) is 9.97 Å². The van der Waals surface area contributed by atoms with Gasteiger partial charge in [0.2, 0.25) is 0 Å². The summed E-state index contributed by atoms with van der Waals surface area (Å²) in [4.78, 5) is 9.42. The van der Waals surface area contributed by atoms with Crippen LogP contribution in [0.4, 0.5) is 0 Å². The minimum atomic E-state index is 0.144. The van der Waals surface area contributed by atoms with Crippen LogP contribution in [0.15, 0.2) is 6.20 Å². The molecule has 0 bridgehead atoms. The average molecular weight is 295 g/mol. The van der Waals surface area contributed by atoms with Gasteiger partial charge in [-0.2, -0.15) is 11.8 Å². The molecule has 4 atom stereocenters. The Morgan fingerprint density at radius 1 is 1.32 bits per heavy atom. The summed E-state index contributed by atoms with van der Waals surface area (Å²) >= 11 is 4.06. The van der Waals surface area contributed by atoms with E-state index in [1.165, 1.54) is 11.3 Å². The van der Waals surface area contributed by atoms with E-state index >= 15 is 0 Å². The number of nitrogens with zero attached hydrogens (tertiary/aromatic N) is 2. The van der Waals surface area contributed by atoms with E-state index in [0.29, 0.717) is 10.5 Å². The molecule has 4 unspecified atom stereocenters. The minimum absolute atomic E-state index is 0.144. The number of hydrogen-bond acceptors (Lipinski definition) is 5. The molecule has 1 aliphatic heterocycles. The molecule has 1 fully saturated rings. The van der Waals surface area contributed by atoms with Gasteiger partial charge < -0.3 is 5.73 Å². The first kappa shape index (κ1) is 13.7. The molecule has 1 aromatic heterocycles. The quantitative estimate of drug-likeness (QED) is 0.862. The zero-order valence-electron chi connectivity index (χ0n) is 11.5.